The number of halogens is 1. The summed E-state index contributed by atoms with van der Waals surface area (Å²) in [7, 11) is 3.62. The first kappa shape index (κ1) is 13.9. The first-order valence-electron chi connectivity index (χ1n) is 6.23. The lowest BCUT2D eigenvalue weighted by atomic mass is 9.96. The Morgan fingerprint density at radius 3 is 2.47 bits per heavy atom. The molecule has 0 aromatic heterocycles. The van der Waals surface area contributed by atoms with Gasteiger partial charge < -0.3 is 10.1 Å². The minimum atomic E-state index is 0.764. The number of nitrogens with one attached hydrogen (secondary N) is 1. The van der Waals surface area contributed by atoms with Gasteiger partial charge in [0, 0.05) is 11.6 Å². The average molecular weight is 276 g/mol. The van der Waals surface area contributed by atoms with E-state index < -0.39 is 0 Å². The van der Waals surface area contributed by atoms with Crippen molar-refractivity contribution in [3.8, 4) is 16.9 Å². The van der Waals surface area contributed by atoms with Gasteiger partial charge in [-0.25, -0.2) is 0 Å². The third-order valence-corrected chi connectivity index (χ3v) is 3.39. The molecule has 0 saturated carbocycles. The monoisotopic (exact) mass is 275 g/mol. The summed E-state index contributed by atoms with van der Waals surface area (Å²) in [6.07, 6.45) is 0. The molecule has 2 aromatic carbocycles. The fourth-order valence-electron chi connectivity index (χ4n) is 2.23. The number of rotatable bonds is 4. The molecule has 3 heteroatoms. The molecule has 2 aromatic rings. The minimum Gasteiger partial charge on any atom is -0.497 e. The first-order chi connectivity index (χ1) is 9.15. The van der Waals surface area contributed by atoms with Crippen LogP contribution in [0.1, 0.15) is 11.1 Å². The highest BCUT2D eigenvalue weighted by Gasteiger charge is 2.08. The third kappa shape index (κ3) is 3.09. The lowest BCUT2D eigenvalue weighted by molar-refractivity contribution is 0.414. The average Bonchev–Trinajstić information content (AvgIpc) is 2.40. The van der Waals surface area contributed by atoms with E-state index in [4.69, 9.17) is 16.3 Å². The maximum absolute atomic E-state index is 6.08. The predicted octanol–water partition coefficient (Wildman–Crippen LogP) is 4.04. The van der Waals surface area contributed by atoms with Crippen LogP contribution in [0.25, 0.3) is 11.1 Å². The SMILES string of the molecule is CNCc1cc(Cl)ccc1-c1ccc(OC)cc1C. The molecule has 0 heterocycles. The van der Waals surface area contributed by atoms with Gasteiger partial charge >= 0.3 is 0 Å². The van der Waals surface area contributed by atoms with Crippen LogP contribution in [0, 0.1) is 6.92 Å². The maximum Gasteiger partial charge on any atom is 0.119 e. The number of hydrogen-bond donors (Lipinski definition) is 1. The zero-order chi connectivity index (χ0) is 13.8. The summed E-state index contributed by atoms with van der Waals surface area (Å²) < 4.78 is 5.25. The molecule has 0 unspecified atom stereocenters. The Hall–Kier alpha value is -1.51. The highest BCUT2D eigenvalue weighted by molar-refractivity contribution is 6.30. The van der Waals surface area contributed by atoms with Crippen molar-refractivity contribution in [1.82, 2.24) is 5.32 Å². The van der Waals surface area contributed by atoms with Crippen molar-refractivity contribution in [3.63, 3.8) is 0 Å². The minimum absolute atomic E-state index is 0.764. The van der Waals surface area contributed by atoms with E-state index in [0.29, 0.717) is 0 Å². The molecule has 0 atom stereocenters. The van der Waals surface area contributed by atoms with Gasteiger partial charge in [-0.3, -0.25) is 0 Å². The number of ether oxygens (including phenoxy) is 1. The van der Waals surface area contributed by atoms with Gasteiger partial charge in [-0.05, 0) is 60.5 Å². The Labute approximate surface area is 119 Å². The maximum atomic E-state index is 6.08. The molecule has 0 saturated heterocycles. The predicted molar refractivity (Wildman–Crippen MR) is 80.9 cm³/mol. The van der Waals surface area contributed by atoms with Crippen molar-refractivity contribution in [2.75, 3.05) is 14.2 Å². The second-order valence-corrected chi connectivity index (χ2v) is 4.95. The zero-order valence-electron chi connectivity index (χ0n) is 11.5. The molecule has 0 aliphatic heterocycles. The van der Waals surface area contributed by atoms with Crippen LogP contribution in [0.3, 0.4) is 0 Å². The summed E-state index contributed by atoms with van der Waals surface area (Å²) in [5, 5.41) is 3.94. The summed E-state index contributed by atoms with van der Waals surface area (Å²) in [6.45, 7) is 2.89. The fourth-order valence-corrected chi connectivity index (χ4v) is 2.42. The normalized spacial score (nSPS) is 10.5. The van der Waals surface area contributed by atoms with Crippen LogP contribution in [0.5, 0.6) is 5.75 Å². The highest BCUT2D eigenvalue weighted by atomic mass is 35.5. The second-order valence-electron chi connectivity index (χ2n) is 4.51. The van der Waals surface area contributed by atoms with E-state index in [1.807, 2.05) is 31.3 Å². The molecule has 0 amide bonds. The molecular formula is C16H18ClNO. The summed E-state index contributed by atoms with van der Waals surface area (Å²) in [5.74, 6) is 0.880. The van der Waals surface area contributed by atoms with E-state index in [9.17, 15) is 0 Å². The standard InChI is InChI=1S/C16H18ClNO/c1-11-8-14(19-3)5-7-15(11)16-6-4-13(17)9-12(16)10-18-2/h4-9,18H,10H2,1-3H3. The van der Waals surface area contributed by atoms with Crippen LogP contribution in [0.15, 0.2) is 36.4 Å². The zero-order valence-corrected chi connectivity index (χ0v) is 12.2. The summed E-state index contributed by atoms with van der Waals surface area (Å²) in [5.41, 5.74) is 4.81. The number of methoxy groups -OCH3 is 1. The van der Waals surface area contributed by atoms with Crippen molar-refractivity contribution >= 4 is 11.6 Å². The van der Waals surface area contributed by atoms with Gasteiger partial charge in [-0.1, -0.05) is 23.7 Å². The number of benzene rings is 2. The quantitative estimate of drug-likeness (QED) is 0.909. The molecular weight excluding hydrogens is 258 g/mol. The Morgan fingerprint density at radius 2 is 1.84 bits per heavy atom. The molecule has 0 bridgehead atoms. The number of hydrogen-bond acceptors (Lipinski definition) is 2. The largest absolute Gasteiger partial charge is 0.497 e. The van der Waals surface area contributed by atoms with E-state index in [2.05, 4.69) is 24.4 Å². The van der Waals surface area contributed by atoms with Crippen LogP contribution in [0.2, 0.25) is 5.02 Å². The fraction of sp³-hybridized carbons (Fsp3) is 0.250. The van der Waals surface area contributed by atoms with Crippen LogP contribution in [-0.2, 0) is 6.54 Å². The van der Waals surface area contributed by atoms with Gasteiger partial charge in [0.2, 0.25) is 0 Å². The molecule has 0 radical (unpaired) electrons. The highest BCUT2D eigenvalue weighted by Crippen LogP contribution is 2.31. The van der Waals surface area contributed by atoms with Gasteiger partial charge in [-0.15, -0.1) is 0 Å². The smallest absolute Gasteiger partial charge is 0.119 e. The molecule has 0 aliphatic rings. The molecule has 100 valence electrons. The van der Waals surface area contributed by atoms with E-state index >= 15 is 0 Å². The molecule has 2 rings (SSSR count). The lowest BCUT2D eigenvalue weighted by Gasteiger charge is -2.13. The van der Waals surface area contributed by atoms with Crippen LogP contribution >= 0.6 is 11.6 Å². The summed E-state index contributed by atoms with van der Waals surface area (Å²) in [6, 6.07) is 12.1. The topological polar surface area (TPSA) is 21.3 Å². The van der Waals surface area contributed by atoms with Gasteiger partial charge in [-0.2, -0.15) is 0 Å². The molecule has 19 heavy (non-hydrogen) atoms. The first-order valence-corrected chi connectivity index (χ1v) is 6.61. The lowest BCUT2D eigenvalue weighted by Crippen LogP contribution is -2.06. The number of aryl methyl sites for hydroxylation is 1. The van der Waals surface area contributed by atoms with Crippen LogP contribution < -0.4 is 10.1 Å². The molecule has 2 nitrogen and oxygen atoms in total. The van der Waals surface area contributed by atoms with Crippen molar-refractivity contribution in [2.45, 2.75) is 13.5 Å². The molecule has 1 N–H and O–H groups in total. The Kier molecular flexibility index (Phi) is 4.46. The Morgan fingerprint density at radius 1 is 1.11 bits per heavy atom. The van der Waals surface area contributed by atoms with E-state index in [-0.39, 0.29) is 0 Å². The van der Waals surface area contributed by atoms with Crippen molar-refractivity contribution < 1.29 is 4.74 Å². The second kappa shape index (κ2) is 6.09. The van der Waals surface area contributed by atoms with E-state index in [1.165, 1.54) is 22.3 Å². The molecule has 0 spiro atoms. The van der Waals surface area contributed by atoms with Gasteiger partial charge in [0.15, 0.2) is 0 Å². The molecule has 0 aliphatic carbocycles. The van der Waals surface area contributed by atoms with Crippen molar-refractivity contribution in [3.05, 3.63) is 52.5 Å². The van der Waals surface area contributed by atoms with E-state index in [1.54, 1.807) is 7.11 Å². The third-order valence-electron chi connectivity index (χ3n) is 3.16. The summed E-state index contributed by atoms with van der Waals surface area (Å²) in [4.78, 5) is 0. The van der Waals surface area contributed by atoms with Crippen LogP contribution in [0.4, 0.5) is 0 Å². The van der Waals surface area contributed by atoms with Crippen LogP contribution in [-0.4, -0.2) is 14.2 Å². The van der Waals surface area contributed by atoms with Crippen molar-refractivity contribution in [2.24, 2.45) is 0 Å². The van der Waals surface area contributed by atoms with E-state index in [0.717, 1.165) is 17.3 Å². The summed E-state index contributed by atoms with van der Waals surface area (Å²) >= 11 is 6.08. The van der Waals surface area contributed by atoms with Crippen molar-refractivity contribution in [1.29, 1.82) is 0 Å². The van der Waals surface area contributed by atoms with Gasteiger partial charge in [0.05, 0.1) is 7.11 Å². The molecule has 0 fully saturated rings. The Balaban J connectivity index is 2.51. The van der Waals surface area contributed by atoms with Gasteiger partial charge in [0.1, 0.15) is 5.75 Å². The van der Waals surface area contributed by atoms with Gasteiger partial charge in [0.25, 0.3) is 0 Å². The Bertz CT molecular complexity index is 581.